The van der Waals surface area contributed by atoms with Crippen molar-refractivity contribution in [3.8, 4) is 11.3 Å². The number of morpholine rings is 1. The number of hydrogen-bond donors (Lipinski definition) is 0. The first kappa shape index (κ1) is 17.3. The number of nitrogens with zero attached hydrogens (tertiary/aromatic N) is 2. The molecule has 128 valence electrons. The first-order chi connectivity index (χ1) is 11.5. The summed E-state index contributed by atoms with van der Waals surface area (Å²) in [6.07, 6.45) is 2.52. The first-order valence-electron chi connectivity index (χ1n) is 7.82. The van der Waals surface area contributed by atoms with Crippen molar-refractivity contribution < 1.29 is 13.9 Å². The summed E-state index contributed by atoms with van der Waals surface area (Å²) >= 11 is 12.1. The Bertz CT molecular complexity index is 732. The number of amides is 1. The van der Waals surface area contributed by atoms with Crippen molar-refractivity contribution in [2.45, 2.75) is 25.9 Å². The van der Waals surface area contributed by atoms with Gasteiger partial charge in [0.1, 0.15) is 0 Å². The molecule has 3 rings (SSSR count). The first-order valence-corrected chi connectivity index (χ1v) is 8.58. The largest absolute Gasteiger partial charge is 0.441 e. The molecule has 1 aromatic carbocycles. The van der Waals surface area contributed by atoms with Crippen molar-refractivity contribution in [3.05, 3.63) is 40.3 Å². The molecule has 1 unspecified atom stereocenters. The van der Waals surface area contributed by atoms with Gasteiger partial charge in [-0.3, -0.25) is 4.79 Å². The average molecular weight is 369 g/mol. The molecule has 0 radical (unpaired) electrons. The molecular formula is C17H18Cl2N2O3. The van der Waals surface area contributed by atoms with E-state index in [-0.39, 0.29) is 12.0 Å². The number of carbonyl (C=O) groups excluding carboxylic acids is 1. The number of halogens is 2. The van der Waals surface area contributed by atoms with E-state index in [1.54, 1.807) is 24.4 Å². The molecule has 1 fully saturated rings. The summed E-state index contributed by atoms with van der Waals surface area (Å²) in [6.45, 7) is 3.83. The summed E-state index contributed by atoms with van der Waals surface area (Å²) in [5.41, 5.74) is 0.730. The fourth-order valence-corrected chi connectivity index (χ4v) is 3.16. The van der Waals surface area contributed by atoms with Crippen molar-refractivity contribution in [1.29, 1.82) is 0 Å². The minimum absolute atomic E-state index is 0.0862. The molecule has 0 spiro atoms. The van der Waals surface area contributed by atoms with Gasteiger partial charge in [0.2, 0.25) is 5.91 Å². The molecule has 1 aliphatic heterocycles. The van der Waals surface area contributed by atoms with Gasteiger partial charge in [0.25, 0.3) is 0 Å². The summed E-state index contributed by atoms with van der Waals surface area (Å²) in [6, 6.07) is 5.19. The van der Waals surface area contributed by atoms with Crippen LogP contribution in [-0.4, -0.2) is 41.6 Å². The lowest BCUT2D eigenvalue weighted by molar-refractivity contribution is -0.138. The maximum absolute atomic E-state index is 12.3. The zero-order valence-electron chi connectivity index (χ0n) is 13.3. The summed E-state index contributed by atoms with van der Waals surface area (Å²) in [5.74, 6) is 1.18. The molecule has 0 N–H and O–H groups in total. The smallest absolute Gasteiger partial charge is 0.223 e. The Morgan fingerprint density at radius 1 is 1.42 bits per heavy atom. The maximum Gasteiger partial charge on any atom is 0.223 e. The van der Waals surface area contributed by atoms with E-state index >= 15 is 0 Å². The number of carbonyl (C=O) groups is 1. The van der Waals surface area contributed by atoms with Crippen LogP contribution < -0.4 is 0 Å². The molecule has 7 heteroatoms. The third-order valence-corrected chi connectivity index (χ3v) is 4.44. The van der Waals surface area contributed by atoms with Gasteiger partial charge in [0.15, 0.2) is 11.7 Å². The predicted molar refractivity (Wildman–Crippen MR) is 92.3 cm³/mol. The third-order valence-electron chi connectivity index (χ3n) is 3.90. The number of benzene rings is 1. The van der Waals surface area contributed by atoms with Crippen LogP contribution in [0.3, 0.4) is 0 Å². The van der Waals surface area contributed by atoms with Gasteiger partial charge in [-0.2, -0.15) is 0 Å². The molecule has 0 saturated carbocycles. The van der Waals surface area contributed by atoms with Gasteiger partial charge in [-0.05, 0) is 25.1 Å². The Balaban J connectivity index is 1.61. The summed E-state index contributed by atoms with van der Waals surface area (Å²) in [5, 5.41) is 1.07. The highest BCUT2D eigenvalue weighted by Crippen LogP contribution is 2.30. The van der Waals surface area contributed by atoms with Gasteiger partial charge in [0.05, 0.1) is 23.9 Å². The highest BCUT2D eigenvalue weighted by atomic mass is 35.5. The molecule has 2 aromatic rings. The molecule has 1 amide bonds. The predicted octanol–water partition coefficient (Wildman–Crippen LogP) is 3.83. The van der Waals surface area contributed by atoms with E-state index in [4.69, 9.17) is 32.4 Å². The van der Waals surface area contributed by atoms with E-state index in [0.717, 1.165) is 5.56 Å². The van der Waals surface area contributed by atoms with Gasteiger partial charge >= 0.3 is 0 Å². The van der Waals surface area contributed by atoms with E-state index in [2.05, 4.69) is 4.98 Å². The van der Waals surface area contributed by atoms with E-state index < -0.39 is 0 Å². The minimum Gasteiger partial charge on any atom is -0.441 e. The Morgan fingerprint density at radius 3 is 3.00 bits per heavy atom. The van der Waals surface area contributed by atoms with Crippen molar-refractivity contribution in [3.63, 3.8) is 0 Å². The van der Waals surface area contributed by atoms with Gasteiger partial charge in [-0.15, -0.1) is 0 Å². The second-order valence-corrected chi connectivity index (χ2v) is 6.61. The van der Waals surface area contributed by atoms with Crippen LogP contribution in [0.1, 0.15) is 19.2 Å². The Hall–Kier alpha value is -1.56. The van der Waals surface area contributed by atoms with E-state index in [0.29, 0.717) is 54.2 Å². The van der Waals surface area contributed by atoms with Crippen LogP contribution >= 0.6 is 23.2 Å². The summed E-state index contributed by atoms with van der Waals surface area (Å²) in [7, 11) is 0. The molecule has 0 aliphatic carbocycles. The van der Waals surface area contributed by atoms with Crippen LogP contribution in [-0.2, 0) is 16.0 Å². The van der Waals surface area contributed by atoms with Gasteiger partial charge in [0, 0.05) is 36.5 Å². The molecular weight excluding hydrogens is 351 g/mol. The Morgan fingerprint density at radius 2 is 2.25 bits per heavy atom. The van der Waals surface area contributed by atoms with Crippen LogP contribution in [0.5, 0.6) is 0 Å². The molecule has 0 bridgehead atoms. The second-order valence-electron chi connectivity index (χ2n) is 5.76. The van der Waals surface area contributed by atoms with Crippen molar-refractivity contribution in [1.82, 2.24) is 9.88 Å². The van der Waals surface area contributed by atoms with Gasteiger partial charge in [-0.25, -0.2) is 4.98 Å². The zero-order valence-corrected chi connectivity index (χ0v) is 14.8. The van der Waals surface area contributed by atoms with Crippen LogP contribution in [0, 0.1) is 0 Å². The normalized spacial score (nSPS) is 18.0. The monoisotopic (exact) mass is 368 g/mol. The zero-order chi connectivity index (χ0) is 17.1. The Labute approximate surface area is 150 Å². The standard InChI is InChI=1S/C17H18Cl2N2O3/c1-11-10-21(6-7-23-11)17(22)5-4-16-20-9-15(24-16)13-3-2-12(18)8-14(13)19/h2-3,8-9,11H,4-7,10H2,1H3. The molecule has 5 nitrogen and oxygen atoms in total. The molecule has 1 atom stereocenters. The molecule has 1 saturated heterocycles. The highest BCUT2D eigenvalue weighted by Gasteiger charge is 2.21. The number of ether oxygens (including phenoxy) is 1. The topological polar surface area (TPSA) is 55.6 Å². The molecule has 24 heavy (non-hydrogen) atoms. The van der Waals surface area contributed by atoms with Crippen molar-refractivity contribution in [2.24, 2.45) is 0 Å². The highest BCUT2D eigenvalue weighted by molar-refractivity contribution is 6.36. The third kappa shape index (κ3) is 4.09. The number of oxazole rings is 1. The number of rotatable bonds is 4. The van der Waals surface area contributed by atoms with Gasteiger partial charge < -0.3 is 14.1 Å². The van der Waals surface area contributed by atoms with E-state index in [1.807, 2.05) is 11.8 Å². The maximum atomic E-state index is 12.3. The fraction of sp³-hybridized carbons (Fsp3) is 0.412. The molecule has 2 heterocycles. The van der Waals surface area contributed by atoms with Crippen LogP contribution in [0.15, 0.2) is 28.8 Å². The lowest BCUT2D eigenvalue weighted by atomic mass is 10.2. The fourth-order valence-electron chi connectivity index (χ4n) is 2.66. The number of aromatic nitrogens is 1. The van der Waals surface area contributed by atoms with E-state index in [1.165, 1.54) is 0 Å². The van der Waals surface area contributed by atoms with Crippen LogP contribution in [0.25, 0.3) is 11.3 Å². The molecule has 1 aromatic heterocycles. The van der Waals surface area contributed by atoms with E-state index in [9.17, 15) is 4.79 Å². The SMILES string of the molecule is CC1CN(C(=O)CCc2ncc(-c3ccc(Cl)cc3Cl)o2)CCO1. The van der Waals surface area contributed by atoms with Gasteiger partial charge in [-0.1, -0.05) is 23.2 Å². The quantitative estimate of drug-likeness (QED) is 0.822. The second kappa shape index (κ2) is 7.55. The Kier molecular flexibility index (Phi) is 5.43. The molecule has 1 aliphatic rings. The number of hydrogen-bond acceptors (Lipinski definition) is 4. The lowest BCUT2D eigenvalue weighted by Gasteiger charge is -2.31. The van der Waals surface area contributed by atoms with Crippen LogP contribution in [0.4, 0.5) is 0 Å². The lowest BCUT2D eigenvalue weighted by Crippen LogP contribution is -2.44. The van der Waals surface area contributed by atoms with Crippen molar-refractivity contribution >= 4 is 29.1 Å². The number of aryl methyl sites for hydroxylation is 1. The summed E-state index contributed by atoms with van der Waals surface area (Å²) < 4.78 is 11.2. The minimum atomic E-state index is 0.0862. The van der Waals surface area contributed by atoms with Crippen LogP contribution in [0.2, 0.25) is 10.0 Å². The van der Waals surface area contributed by atoms with Crippen molar-refractivity contribution in [2.75, 3.05) is 19.7 Å². The average Bonchev–Trinajstić information content (AvgIpc) is 3.01. The summed E-state index contributed by atoms with van der Waals surface area (Å²) in [4.78, 5) is 18.3.